The zero-order chi connectivity index (χ0) is 15.3. The summed E-state index contributed by atoms with van der Waals surface area (Å²) in [4.78, 5) is 12.1. The van der Waals surface area contributed by atoms with Gasteiger partial charge in [-0.25, -0.2) is 0 Å². The summed E-state index contributed by atoms with van der Waals surface area (Å²) in [7, 11) is 0. The number of carbonyl (C=O) groups is 1. The van der Waals surface area contributed by atoms with Crippen molar-refractivity contribution in [1.29, 1.82) is 0 Å². The lowest BCUT2D eigenvalue weighted by Gasteiger charge is -2.05. The number of halogens is 1. The zero-order valence-electron chi connectivity index (χ0n) is 11.9. The van der Waals surface area contributed by atoms with Crippen LogP contribution in [0, 0.1) is 0 Å². The van der Waals surface area contributed by atoms with Gasteiger partial charge in [0.2, 0.25) is 0 Å². The number of aromatic hydroxyl groups is 2. The van der Waals surface area contributed by atoms with Gasteiger partial charge in [0.15, 0.2) is 5.78 Å². The van der Waals surface area contributed by atoms with Crippen molar-refractivity contribution >= 4 is 21.7 Å². The van der Waals surface area contributed by atoms with Gasteiger partial charge in [-0.2, -0.15) is 0 Å². The van der Waals surface area contributed by atoms with Gasteiger partial charge in [0.05, 0.1) is 10.0 Å². The summed E-state index contributed by atoms with van der Waals surface area (Å²) in [5, 5.41) is 19.3. The first-order valence-corrected chi connectivity index (χ1v) is 7.17. The number of phenols is 2. The highest BCUT2D eigenvalue weighted by Gasteiger charge is 2.13. The Kier molecular flexibility index (Phi) is 6.02. The first-order chi connectivity index (χ1) is 9.31. The van der Waals surface area contributed by atoms with Crippen LogP contribution < -0.4 is 0 Å². The van der Waals surface area contributed by atoms with Crippen LogP contribution in [0.15, 0.2) is 39.9 Å². The van der Waals surface area contributed by atoms with Gasteiger partial charge in [0, 0.05) is 0 Å². The van der Waals surface area contributed by atoms with Gasteiger partial charge in [-0.3, -0.25) is 4.79 Å². The minimum absolute atomic E-state index is 0.0615. The molecule has 0 spiro atoms. The van der Waals surface area contributed by atoms with E-state index in [2.05, 4.69) is 22.0 Å². The summed E-state index contributed by atoms with van der Waals surface area (Å²) >= 11 is 3.10. The van der Waals surface area contributed by atoms with Crippen molar-refractivity contribution in [1.82, 2.24) is 0 Å². The number of ketones is 1. The molecule has 4 heteroatoms. The fourth-order valence-corrected chi connectivity index (χ4v) is 2.18. The van der Waals surface area contributed by atoms with Crippen LogP contribution in [0.3, 0.4) is 0 Å². The molecule has 1 rings (SSSR count). The maximum atomic E-state index is 12.1. The van der Waals surface area contributed by atoms with E-state index in [1.54, 1.807) is 0 Å². The number of carbonyl (C=O) groups excluding carboxylic acids is 1. The molecule has 0 amide bonds. The van der Waals surface area contributed by atoms with Crippen LogP contribution in [0.25, 0.3) is 0 Å². The third kappa shape index (κ3) is 4.85. The smallest absolute Gasteiger partial charge is 0.189 e. The molecule has 1 aromatic rings. The third-order valence-corrected chi connectivity index (χ3v) is 3.39. The lowest BCUT2D eigenvalue weighted by molar-refractivity contribution is 0.104. The molecule has 3 nitrogen and oxygen atoms in total. The molecule has 0 saturated carbocycles. The Labute approximate surface area is 127 Å². The van der Waals surface area contributed by atoms with Gasteiger partial charge in [-0.15, -0.1) is 0 Å². The van der Waals surface area contributed by atoms with E-state index >= 15 is 0 Å². The van der Waals surface area contributed by atoms with Gasteiger partial charge >= 0.3 is 0 Å². The van der Waals surface area contributed by atoms with E-state index in [0.29, 0.717) is 4.47 Å². The van der Waals surface area contributed by atoms with Crippen molar-refractivity contribution in [3.63, 3.8) is 0 Å². The molecule has 20 heavy (non-hydrogen) atoms. The van der Waals surface area contributed by atoms with E-state index < -0.39 is 0 Å². The Balaban J connectivity index is 2.88. The van der Waals surface area contributed by atoms with Crippen molar-refractivity contribution < 1.29 is 15.0 Å². The normalized spacial score (nSPS) is 11.3. The van der Waals surface area contributed by atoms with Gasteiger partial charge in [0.1, 0.15) is 11.5 Å². The van der Waals surface area contributed by atoms with E-state index in [1.807, 2.05) is 20.8 Å². The molecule has 0 fully saturated rings. The average molecular weight is 339 g/mol. The molecule has 108 valence electrons. The molecular formula is C16H19BrO3. The van der Waals surface area contributed by atoms with Crippen LogP contribution in [-0.2, 0) is 0 Å². The van der Waals surface area contributed by atoms with E-state index in [4.69, 9.17) is 0 Å². The molecular weight excluding hydrogens is 320 g/mol. The highest BCUT2D eigenvalue weighted by Crippen LogP contribution is 2.32. The summed E-state index contributed by atoms with van der Waals surface area (Å²) in [6, 6.07) is 2.61. The first-order valence-electron chi connectivity index (χ1n) is 6.37. The number of hydrogen-bond donors (Lipinski definition) is 2. The second-order valence-electron chi connectivity index (χ2n) is 5.00. The lowest BCUT2D eigenvalue weighted by Crippen LogP contribution is -1.97. The van der Waals surface area contributed by atoms with Crippen LogP contribution in [0.4, 0.5) is 0 Å². The Morgan fingerprint density at radius 2 is 1.90 bits per heavy atom. The van der Waals surface area contributed by atoms with Crippen LogP contribution in [0.1, 0.15) is 44.0 Å². The molecule has 0 bridgehead atoms. The third-order valence-electron chi connectivity index (χ3n) is 2.78. The maximum absolute atomic E-state index is 12.1. The highest BCUT2D eigenvalue weighted by atomic mass is 79.9. The molecule has 0 atom stereocenters. The minimum atomic E-state index is -0.311. The summed E-state index contributed by atoms with van der Waals surface area (Å²) in [5.74, 6) is -0.524. The summed E-state index contributed by atoms with van der Waals surface area (Å²) < 4.78 is 0.302. The largest absolute Gasteiger partial charge is 0.508 e. The molecule has 0 aromatic heterocycles. The molecule has 0 unspecified atom stereocenters. The molecule has 0 aliphatic heterocycles. The number of allylic oxidation sites excluding steroid dienone is 4. The second kappa shape index (κ2) is 7.29. The standard InChI is InChI=1S/C16H19BrO3/c1-10(2)5-4-6-11(3)7-15(19)13-8-12(18)9-14(17)16(13)20/h5,7-9,18,20H,4,6H2,1-3H3. The van der Waals surface area contributed by atoms with Gasteiger partial charge < -0.3 is 10.2 Å². The summed E-state index contributed by atoms with van der Waals surface area (Å²) in [5.41, 5.74) is 2.28. The quantitative estimate of drug-likeness (QED) is 0.353. The van der Waals surface area contributed by atoms with Crippen LogP contribution in [-0.4, -0.2) is 16.0 Å². The minimum Gasteiger partial charge on any atom is -0.508 e. The maximum Gasteiger partial charge on any atom is 0.189 e. The first kappa shape index (κ1) is 16.5. The fourth-order valence-electron chi connectivity index (χ4n) is 1.73. The number of benzene rings is 1. The van der Waals surface area contributed by atoms with E-state index in [0.717, 1.165) is 18.4 Å². The summed E-state index contributed by atoms with van der Waals surface area (Å²) in [6.07, 6.45) is 5.29. The SMILES string of the molecule is CC(C)=CCCC(C)=CC(=O)c1cc(O)cc(Br)c1O. The van der Waals surface area contributed by atoms with E-state index in [1.165, 1.54) is 23.8 Å². The van der Waals surface area contributed by atoms with Crippen LogP contribution in [0.2, 0.25) is 0 Å². The molecule has 1 aromatic carbocycles. The Morgan fingerprint density at radius 3 is 2.50 bits per heavy atom. The molecule has 0 radical (unpaired) electrons. The molecule has 0 saturated heterocycles. The van der Waals surface area contributed by atoms with Crippen LogP contribution >= 0.6 is 15.9 Å². The topological polar surface area (TPSA) is 57.5 Å². The van der Waals surface area contributed by atoms with Crippen LogP contribution in [0.5, 0.6) is 11.5 Å². The lowest BCUT2D eigenvalue weighted by atomic mass is 10.0. The summed E-state index contributed by atoms with van der Waals surface area (Å²) in [6.45, 7) is 5.95. The van der Waals surface area contributed by atoms with Crippen molar-refractivity contribution in [3.8, 4) is 11.5 Å². The number of rotatable bonds is 5. The van der Waals surface area contributed by atoms with Gasteiger partial charge in [-0.05, 0) is 67.8 Å². The van der Waals surface area contributed by atoms with Crippen molar-refractivity contribution in [2.24, 2.45) is 0 Å². The predicted molar refractivity (Wildman–Crippen MR) is 84.2 cm³/mol. The van der Waals surface area contributed by atoms with Crippen molar-refractivity contribution in [2.45, 2.75) is 33.6 Å². The number of phenolic OH excluding ortho intramolecular Hbond substituents is 2. The molecule has 0 aliphatic carbocycles. The van der Waals surface area contributed by atoms with E-state index in [-0.39, 0.29) is 22.8 Å². The average Bonchev–Trinajstić information content (AvgIpc) is 2.32. The van der Waals surface area contributed by atoms with Crippen molar-refractivity contribution in [3.05, 3.63) is 45.5 Å². The van der Waals surface area contributed by atoms with Gasteiger partial charge in [0.25, 0.3) is 0 Å². The second-order valence-corrected chi connectivity index (χ2v) is 5.85. The zero-order valence-corrected chi connectivity index (χ0v) is 13.5. The van der Waals surface area contributed by atoms with Gasteiger partial charge in [-0.1, -0.05) is 17.2 Å². The molecule has 0 heterocycles. The predicted octanol–water partition coefficient (Wildman–Crippen LogP) is 4.74. The van der Waals surface area contributed by atoms with Crippen molar-refractivity contribution in [2.75, 3.05) is 0 Å². The Hall–Kier alpha value is -1.55. The Morgan fingerprint density at radius 1 is 1.25 bits per heavy atom. The van der Waals surface area contributed by atoms with E-state index in [9.17, 15) is 15.0 Å². The Bertz CT molecular complexity index is 567. The number of hydrogen-bond acceptors (Lipinski definition) is 3. The highest BCUT2D eigenvalue weighted by molar-refractivity contribution is 9.10. The monoisotopic (exact) mass is 338 g/mol. The molecule has 0 aliphatic rings. The fraction of sp³-hybridized carbons (Fsp3) is 0.312. The molecule has 2 N–H and O–H groups in total.